The Labute approximate surface area is 166 Å². The van der Waals surface area contributed by atoms with Crippen molar-refractivity contribution in [1.29, 1.82) is 0 Å². The van der Waals surface area contributed by atoms with E-state index in [1.807, 2.05) is 24.3 Å². The van der Waals surface area contributed by atoms with E-state index in [4.69, 9.17) is 0 Å². The number of carbonyl (C=O) groups is 2. The van der Waals surface area contributed by atoms with Gasteiger partial charge in [-0.3, -0.25) is 14.6 Å². The minimum absolute atomic E-state index is 0.251. The fraction of sp³-hybridized carbons (Fsp3) is 0.409. The second-order valence-corrected chi connectivity index (χ2v) is 7.56. The highest BCUT2D eigenvalue weighted by atomic mass is 16.2. The molecule has 1 aliphatic rings. The summed E-state index contributed by atoms with van der Waals surface area (Å²) in [6.45, 7) is 6.98. The Morgan fingerprint density at radius 1 is 1.07 bits per heavy atom. The Kier molecular flexibility index (Phi) is 6.63. The Balaban J connectivity index is 1.60. The second kappa shape index (κ2) is 9.35. The lowest BCUT2D eigenvalue weighted by Crippen LogP contribution is -2.26. The first-order chi connectivity index (χ1) is 13.5. The third-order valence-corrected chi connectivity index (χ3v) is 4.86. The Morgan fingerprint density at radius 3 is 2.46 bits per heavy atom. The van der Waals surface area contributed by atoms with Crippen LogP contribution in [0.3, 0.4) is 0 Å². The lowest BCUT2D eigenvalue weighted by Gasteiger charge is -2.17. The first-order valence-electron chi connectivity index (χ1n) is 9.93. The van der Waals surface area contributed by atoms with E-state index < -0.39 is 0 Å². The number of nitrogens with one attached hydrogen (secondary N) is 2. The maximum Gasteiger partial charge on any atom is 0.269 e. The Morgan fingerprint density at radius 2 is 1.79 bits per heavy atom. The number of carbonyl (C=O) groups excluding carboxylic acids is 2. The molecular formula is C22H28N4O2. The van der Waals surface area contributed by atoms with Crippen LogP contribution >= 0.6 is 0 Å². The predicted octanol–water partition coefficient (Wildman–Crippen LogP) is 3.71. The van der Waals surface area contributed by atoms with Gasteiger partial charge >= 0.3 is 0 Å². The van der Waals surface area contributed by atoms with Gasteiger partial charge in [-0.15, -0.1) is 0 Å². The van der Waals surface area contributed by atoms with E-state index in [1.54, 1.807) is 6.07 Å². The van der Waals surface area contributed by atoms with Crippen molar-refractivity contribution >= 4 is 23.2 Å². The van der Waals surface area contributed by atoms with Crippen molar-refractivity contribution in [3.8, 4) is 0 Å². The maximum atomic E-state index is 12.6. The van der Waals surface area contributed by atoms with Crippen molar-refractivity contribution in [2.24, 2.45) is 5.92 Å². The number of hydrogen-bond acceptors (Lipinski definition) is 4. The molecule has 2 N–H and O–H groups in total. The zero-order valence-electron chi connectivity index (χ0n) is 16.6. The van der Waals surface area contributed by atoms with Crippen molar-refractivity contribution in [3.63, 3.8) is 0 Å². The minimum atomic E-state index is -0.259. The van der Waals surface area contributed by atoms with Crippen LogP contribution in [0.1, 0.15) is 54.0 Å². The van der Waals surface area contributed by atoms with E-state index >= 15 is 0 Å². The highest BCUT2D eigenvalue weighted by Crippen LogP contribution is 2.22. The van der Waals surface area contributed by atoms with E-state index in [0.29, 0.717) is 18.0 Å². The molecule has 2 heterocycles. The van der Waals surface area contributed by atoms with Crippen molar-refractivity contribution in [1.82, 2.24) is 10.3 Å². The quantitative estimate of drug-likeness (QED) is 0.768. The third-order valence-electron chi connectivity index (χ3n) is 4.86. The summed E-state index contributed by atoms with van der Waals surface area (Å²) in [5, 5.41) is 5.72. The van der Waals surface area contributed by atoms with E-state index in [9.17, 15) is 9.59 Å². The van der Waals surface area contributed by atoms with E-state index in [0.717, 1.165) is 25.2 Å². The van der Waals surface area contributed by atoms with Gasteiger partial charge in [-0.2, -0.15) is 0 Å². The number of rotatable bonds is 7. The van der Waals surface area contributed by atoms with Crippen molar-refractivity contribution in [3.05, 3.63) is 53.9 Å². The third kappa shape index (κ3) is 5.31. The van der Waals surface area contributed by atoms with Gasteiger partial charge in [0.1, 0.15) is 5.69 Å². The summed E-state index contributed by atoms with van der Waals surface area (Å²) in [6.07, 6.45) is 4.85. The van der Waals surface area contributed by atoms with Crippen molar-refractivity contribution in [2.75, 3.05) is 29.9 Å². The molecule has 1 aromatic heterocycles. The summed E-state index contributed by atoms with van der Waals surface area (Å²) in [7, 11) is 0. The van der Waals surface area contributed by atoms with Crippen LogP contribution in [-0.2, 0) is 0 Å². The monoisotopic (exact) mass is 380 g/mol. The highest BCUT2D eigenvalue weighted by Gasteiger charge is 2.14. The number of hydrogen-bond donors (Lipinski definition) is 2. The molecule has 28 heavy (non-hydrogen) atoms. The number of nitrogens with zero attached hydrogens (tertiary/aromatic N) is 2. The average molecular weight is 380 g/mol. The summed E-state index contributed by atoms with van der Waals surface area (Å²) in [6, 6.07) is 11.0. The Hall–Kier alpha value is -2.89. The molecule has 1 saturated heterocycles. The fourth-order valence-electron chi connectivity index (χ4n) is 3.20. The smallest absolute Gasteiger partial charge is 0.269 e. The second-order valence-electron chi connectivity index (χ2n) is 7.56. The Bertz CT molecular complexity index is 812. The summed E-state index contributed by atoms with van der Waals surface area (Å²) in [5.41, 5.74) is 2.57. The van der Waals surface area contributed by atoms with Gasteiger partial charge in [-0.1, -0.05) is 13.8 Å². The topological polar surface area (TPSA) is 74.3 Å². The first-order valence-corrected chi connectivity index (χ1v) is 9.93. The van der Waals surface area contributed by atoms with Crippen LogP contribution < -0.4 is 15.5 Å². The fourth-order valence-corrected chi connectivity index (χ4v) is 3.20. The van der Waals surface area contributed by atoms with Crippen LogP contribution in [0.2, 0.25) is 0 Å². The summed E-state index contributed by atoms with van der Waals surface area (Å²) in [4.78, 5) is 31.2. The van der Waals surface area contributed by atoms with Gasteiger partial charge in [0.15, 0.2) is 0 Å². The summed E-state index contributed by atoms with van der Waals surface area (Å²) >= 11 is 0. The number of amides is 2. The molecule has 1 fully saturated rings. The highest BCUT2D eigenvalue weighted by molar-refractivity contribution is 6.05. The van der Waals surface area contributed by atoms with Gasteiger partial charge in [-0.05, 0) is 61.6 Å². The molecule has 6 heteroatoms. The first kappa shape index (κ1) is 19.9. The summed E-state index contributed by atoms with van der Waals surface area (Å²) in [5.74, 6) is 0.0000440. The SMILES string of the molecule is CC(C)CCNC(=O)c1cc(C(=O)Nc2ccc(N3CCCC3)cc2)ccn1. The zero-order valence-corrected chi connectivity index (χ0v) is 16.6. The van der Waals surface area contributed by atoms with Gasteiger partial charge in [0.25, 0.3) is 11.8 Å². The zero-order chi connectivity index (χ0) is 19.9. The van der Waals surface area contributed by atoms with Gasteiger partial charge in [0.05, 0.1) is 0 Å². The van der Waals surface area contributed by atoms with Crippen LogP contribution in [0.15, 0.2) is 42.6 Å². The van der Waals surface area contributed by atoms with E-state index in [1.165, 1.54) is 30.8 Å². The standard InChI is InChI=1S/C22H28N4O2/c1-16(2)9-11-24-22(28)20-15-17(10-12-23-20)21(27)25-18-5-7-19(8-6-18)26-13-3-4-14-26/h5-8,10,12,15-16H,3-4,9,11,13-14H2,1-2H3,(H,24,28)(H,25,27). The lowest BCUT2D eigenvalue weighted by molar-refractivity contribution is 0.0947. The van der Waals surface area contributed by atoms with Gasteiger partial charge in [-0.25, -0.2) is 0 Å². The molecule has 2 aromatic rings. The molecule has 0 spiro atoms. The molecule has 0 atom stereocenters. The summed E-state index contributed by atoms with van der Waals surface area (Å²) < 4.78 is 0. The predicted molar refractivity (Wildman–Crippen MR) is 112 cm³/mol. The van der Waals surface area contributed by atoms with Gasteiger partial charge in [0.2, 0.25) is 0 Å². The molecule has 0 bridgehead atoms. The van der Waals surface area contributed by atoms with Crippen molar-refractivity contribution in [2.45, 2.75) is 33.1 Å². The van der Waals surface area contributed by atoms with Gasteiger partial charge in [0, 0.05) is 42.8 Å². The number of aromatic nitrogens is 1. The number of anilines is 2. The normalized spacial score (nSPS) is 13.6. The number of benzene rings is 1. The largest absolute Gasteiger partial charge is 0.372 e. The van der Waals surface area contributed by atoms with Crippen LogP contribution in [0.4, 0.5) is 11.4 Å². The molecule has 2 amide bonds. The molecule has 3 rings (SSSR count). The lowest BCUT2D eigenvalue weighted by atomic mass is 10.1. The molecule has 0 radical (unpaired) electrons. The molecule has 0 unspecified atom stereocenters. The molecule has 6 nitrogen and oxygen atoms in total. The molecule has 1 aliphatic heterocycles. The van der Waals surface area contributed by atoms with Crippen LogP contribution in [0.5, 0.6) is 0 Å². The molecular weight excluding hydrogens is 352 g/mol. The van der Waals surface area contributed by atoms with Crippen molar-refractivity contribution < 1.29 is 9.59 Å². The molecule has 148 valence electrons. The maximum absolute atomic E-state index is 12.6. The molecule has 0 aliphatic carbocycles. The van der Waals surface area contributed by atoms with Crippen LogP contribution in [0.25, 0.3) is 0 Å². The number of pyridine rings is 1. The molecule has 0 saturated carbocycles. The van der Waals surface area contributed by atoms with E-state index in [2.05, 4.69) is 34.4 Å². The van der Waals surface area contributed by atoms with Crippen LogP contribution in [-0.4, -0.2) is 36.4 Å². The molecule has 1 aromatic carbocycles. The minimum Gasteiger partial charge on any atom is -0.372 e. The van der Waals surface area contributed by atoms with E-state index in [-0.39, 0.29) is 17.5 Å². The average Bonchev–Trinajstić information content (AvgIpc) is 3.23. The van der Waals surface area contributed by atoms with Crippen LogP contribution in [0, 0.1) is 5.92 Å². The van der Waals surface area contributed by atoms with Gasteiger partial charge < -0.3 is 15.5 Å².